The van der Waals surface area contributed by atoms with Gasteiger partial charge in [-0.05, 0) is 19.1 Å². The van der Waals surface area contributed by atoms with E-state index in [4.69, 9.17) is 9.84 Å². The van der Waals surface area contributed by atoms with Crippen LogP contribution < -0.4 is 10.6 Å². The van der Waals surface area contributed by atoms with Crippen LogP contribution in [0.1, 0.15) is 17.3 Å². The number of para-hydroxylation sites is 1. The zero-order chi connectivity index (χ0) is 15.7. The van der Waals surface area contributed by atoms with Gasteiger partial charge < -0.3 is 20.5 Å². The van der Waals surface area contributed by atoms with Crippen LogP contribution in [0.5, 0.6) is 0 Å². The van der Waals surface area contributed by atoms with Crippen LogP contribution in [0, 0.1) is 0 Å². The van der Waals surface area contributed by atoms with Crippen molar-refractivity contribution in [2.45, 2.75) is 13.0 Å². The number of anilines is 1. The van der Waals surface area contributed by atoms with Crippen molar-refractivity contribution in [2.75, 3.05) is 25.0 Å². The summed E-state index contributed by atoms with van der Waals surface area (Å²) in [6.45, 7) is 5.57. The molecule has 0 aliphatic carbocycles. The standard InChI is InChI=1S/C15H20N2O4/c1-3-8-17-14(19)11(2)21-15(20)12-6-4-5-7-13(12)16-9-10-18/h3-7,11,16,18H,1,8-10H2,2H3,(H,17,19)/t11-/m0/s1. The molecule has 0 saturated carbocycles. The lowest BCUT2D eigenvalue weighted by Crippen LogP contribution is -2.36. The number of aliphatic hydroxyl groups excluding tert-OH is 1. The third-order valence-corrected chi connectivity index (χ3v) is 2.65. The summed E-state index contributed by atoms with van der Waals surface area (Å²) in [5.41, 5.74) is 0.865. The Bertz CT molecular complexity index is 502. The Morgan fingerprint density at radius 2 is 2.14 bits per heavy atom. The van der Waals surface area contributed by atoms with Crippen LogP contribution in [0.3, 0.4) is 0 Å². The van der Waals surface area contributed by atoms with Gasteiger partial charge in [0.15, 0.2) is 6.10 Å². The highest BCUT2D eigenvalue weighted by Crippen LogP contribution is 2.16. The maximum Gasteiger partial charge on any atom is 0.341 e. The number of aliphatic hydroxyl groups is 1. The molecule has 1 atom stereocenters. The summed E-state index contributed by atoms with van der Waals surface area (Å²) in [6.07, 6.45) is 0.643. The molecule has 3 N–H and O–H groups in total. The van der Waals surface area contributed by atoms with E-state index < -0.39 is 12.1 Å². The second-order valence-electron chi connectivity index (χ2n) is 4.28. The monoisotopic (exact) mass is 292 g/mol. The second-order valence-corrected chi connectivity index (χ2v) is 4.28. The molecular formula is C15H20N2O4. The van der Waals surface area contributed by atoms with Gasteiger partial charge in [-0.1, -0.05) is 18.2 Å². The summed E-state index contributed by atoms with van der Waals surface area (Å²) in [5.74, 6) is -0.985. The van der Waals surface area contributed by atoms with Crippen molar-refractivity contribution in [3.05, 3.63) is 42.5 Å². The van der Waals surface area contributed by atoms with Gasteiger partial charge in [0.05, 0.1) is 12.2 Å². The molecule has 0 aromatic heterocycles. The normalized spacial score (nSPS) is 11.3. The molecule has 0 heterocycles. The molecule has 0 saturated heterocycles. The molecule has 6 heteroatoms. The van der Waals surface area contributed by atoms with Crippen LogP contribution in [0.15, 0.2) is 36.9 Å². The molecule has 114 valence electrons. The fourth-order valence-electron chi connectivity index (χ4n) is 1.60. The molecule has 1 amide bonds. The first-order valence-electron chi connectivity index (χ1n) is 6.63. The number of rotatable bonds is 8. The van der Waals surface area contributed by atoms with E-state index in [0.29, 0.717) is 24.3 Å². The predicted octanol–water partition coefficient (Wildman–Crippen LogP) is 0.938. The minimum absolute atomic E-state index is 0.0518. The Kier molecular flexibility index (Phi) is 6.97. The third kappa shape index (κ3) is 5.27. The van der Waals surface area contributed by atoms with Crippen molar-refractivity contribution in [1.82, 2.24) is 5.32 Å². The molecule has 0 aliphatic heterocycles. The van der Waals surface area contributed by atoms with Crippen molar-refractivity contribution in [3.8, 4) is 0 Å². The first-order chi connectivity index (χ1) is 10.1. The molecule has 0 spiro atoms. The summed E-state index contributed by atoms with van der Waals surface area (Å²) in [5, 5.41) is 14.3. The molecular weight excluding hydrogens is 272 g/mol. The van der Waals surface area contributed by atoms with Crippen LogP contribution in [-0.2, 0) is 9.53 Å². The van der Waals surface area contributed by atoms with Gasteiger partial charge in [0.25, 0.3) is 5.91 Å². The van der Waals surface area contributed by atoms with Crippen molar-refractivity contribution in [2.24, 2.45) is 0 Å². The number of carbonyl (C=O) groups excluding carboxylic acids is 2. The topological polar surface area (TPSA) is 87.7 Å². The van der Waals surface area contributed by atoms with Crippen LogP contribution >= 0.6 is 0 Å². The van der Waals surface area contributed by atoms with E-state index >= 15 is 0 Å². The van der Waals surface area contributed by atoms with E-state index in [1.807, 2.05) is 0 Å². The van der Waals surface area contributed by atoms with Gasteiger partial charge in [-0.15, -0.1) is 6.58 Å². The van der Waals surface area contributed by atoms with Gasteiger partial charge >= 0.3 is 5.97 Å². The summed E-state index contributed by atoms with van der Waals surface area (Å²) >= 11 is 0. The molecule has 0 unspecified atom stereocenters. The minimum Gasteiger partial charge on any atom is -0.449 e. The SMILES string of the molecule is C=CCNC(=O)[C@H](C)OC(=O)c1ccccc1NCCO. The number of ether oxygens (including phenoxy) is 1. The lowest BCUT2D eigenvalue weighted by atomic mass is 10.1. The molecule has 6 nitrogen and oxygen atoms in total. The first-order valence-corrected chi connectivity index (χ1v) is 6.63. The Hall–Kier alpha value is -2.34. The minimum atomic E-state index is -0.900. The Labute approximate surface area is 123 Å². The van der Waals surface area contributed by atoms with E-state index in [1.165, 1.54) is 6.92 Å². The van der Waals surface area contributed by atoms with Gasteiger partial charge in [0.1, 0.15) is 0 Å². The van der Waals surface area contributed by atoms with Gasteiger partial charge in [-0.3, -0.25) is 4.79 Å². The van der Waals surface area contributed by atoms with E-state index in [2.05, 4.69) is 17.2 Å². The maximum absolute atomic E-state index is 12.1. The van der Waals surface area contributed by atoms with E-state index in [-0.39, 0.29) is 12.5 Å². The Morgan fingerprint density at radius 3 is 2.81 bits per heavy atom. The van der Waals surface area contributed by atoms with Gasteiger partial charge in [0.2, 0.25) is 0 Å². The molecule has 1 rings (SSSR count). The molecule has 0 radical (unpaired) electrons. The average molecular weight is 292 g/mol. The molecule has 21 heavy (non-hydrogen) atoms. The highest BCUT2D eigenvalue weighted by molar-refractivity contribution is 5.97. The van der Waals surface area contributed by atoms with Crippen LogP contribution in [0.4, 0.5) is 5.69 Å². The van der Waals surface area contributed by atoms with E-state index in [1.54, 1.807) is 30.3 Å². The quantitative estimate of drug-likeness (QED) is 0.490. The zero-order valence-corrected chi connectivity index (χ0v) is 12.0. The van der Waals surface area contributed by atoms with E-state index in [0.717, 1.165) is 0 Å². The fraction of sp³-hybridized carbons (Fsp3) is 0.333. The van der Waals surface area contributed by atoms with E-state index in [9.17, 15) is 9.59 Å². The van der Waals surface area contributed by atoms with Crippen molar-refractivity contribution in [1.29, 1.82) is 0 Å². The fourth-order valence-corrected chi connectivity index (χ4v) is 1.60. The summed E-state index contributed by atoms with van der Waals surface area (Å²) in [4.78, 5) is 23.7. The molecule has 0 bridgehead atoms. The summed E-state index contributed by atoms with van der Waals surface area (Å²) in [7, 11) is 0. The zero-order valence-electron chi connectivity index (χ0n) is 12.0. The average Bonchev–Trinajstić information content (AvgIpc) is 2.50. The molecule has 1 aromatic carbocycles. The predicted molar refractivity (Wildman–Crippen MR) is 80.1 cm³/mol. The number of amides is 1. The largest absolute Gasteiger partial charge is 0.449 e. The molecule has 0 aliphatic rings. The third-order valence-electron chi connectivity index (χ3n) is 2.65. The second kappa shape index (κ2) is 8.76. The van der Waals surface area contributed by atoms with Gasteiger partial charge in [-0.2, -0.15) is 0 Å². The highest BCUT2D eigenvalue weighted by atomic mass is 16.5. The van der Waals surface area contributed by atoms with Gasteiger partial charge in [0, 0.05) is 18.8 Å². The summed E-state index contributed by atoms with van der Waals surface area (Å²) < 4.78 is 5.13. The maximum atomic E-state index is 12.1. The molecule has 0 fully saturated rings. The summed E-state index contributed by atoms with van der Waals surface area (Å²) in [6, 6.07) is 6.75. The molecule has 1 aromatic rings. The lowest BCUT2D eigenvalue weighted by molar-refractivity contribution is -0.128. The Balaban J connectivity index is 2.70. The smallest absolute Gasteiger partial charge is 0.341 e. The number of hydrogen-bond acceptors (Lipinski definition) is 5. The van der Waals surface area contributed by atoms with Crippen LogP contribution in [-0.4, -0.2) is 42.8 Å². The number of carbonyl (C=O) groups is 2. The number of hydrogen-bond donors (Lipinski definition) is 3. The van der Waals surface area contributed by atoms with Crippen molar-refractivity contribution < 1.29 is 19.4 Å². The van der Waals surface area contributed by atoms with Gasteiger partial charge in [-0.25, -0.2) is 4.79 Å². The number of esters is 1. The number of benzene rings is 1. The van der Waals surface area contributed by atoms with Crippen LogP contribution in [0.2, 0.25) is 0 Å². The van der Waals surface area contributed by atoms with Crippen molar-refractivity contribution in [3.63, 3.8) is 0 Å². The first kappa shape index (κ1) is 16.7. The van der Waals surface area contributed by atoms with Crippen molar-refractivity contribution >= 4 is 17.6 Å². The number of nitrogens with one attached hydrogen (secondary N) is 2. The lowest BCUT2D eigenvalue weighted by Gasteiger charge is -2.15. The highest BCUT2D eigenvalue weighted by Gasteiger charge is 2.20. The van der Waals surface area contributed by atoms with Crippen LogP contribution in [0.25, 0.3) is 0 Å². The Morgan fingerprint density at radius 1 is 1.43 bits per heavy atom.